The molecule has 1 saturated heterocycles. The molecule has 1 aromatic heterocycles. The number of carbonyl (C=O) groups excluding carboxylic acids is 2. The first kappa shape index (κ1) is 23.2. The van der Waals surface area contributed by atoms with E-state index in [2.05, 4.69) is 10.1 Å². The molecule has 180 valence electrons. The van der Waals surface area contributed by atoms with E-state index in [1.165, 1.54) is 17.1 Å². The predicted molar refractivity (Wildman–Crippen MR) is 132 cm³/mol. The van der Waals surface area contributed by atoms with Crippen LogP contribution in [0.2, 0.25) is 0 Å². The van der Waals surface area contributed by atoms with Crippen molar-refractivity contribution in [2.24, 2.45) is 10.1 Å². The number of amidine groups is 2. The molecule has 11 heteroatoms. The zero-order valence-electron chi connectivity index (χ0n) is 19.2. The number of aliphatic imine (C=N–C) groups is 1. The first-order valence-electron chi connectivity index (χ1n) is 11.1. The van der Waals surface area contributed by atoms with Gasteiger partial charge in [0.15, 0.2) is 5.84 Å². The van der Waals surface area contributed by atoms with Gasteiger partial charge in [0.1, 0.15) is 10.9 Å². The third-order valence-corrected chi connectivity index (χ3v) is 6.91. The van der Waals surface area contributed by atoms with E-state index in [4.69, 9.17) is 10.1 Å². The van der Waals surface area contributed by atoms with E-state index in [9.17, 15) is 14.0 Å². The van der Waals surface area contributed by atoms with E-state index < -0.39 is 5.91 Å². The number of hydrazone groups is 1. The van der Waals surface area contributed by atoms with E-state index in [0.29, 0.717) is 37.0 Å². The molecule has 3 aliphatic rings. The highest BCUT2D eigenvalue weighted by atomic mass is 32.2. The first-order valence-corrected chi connectivity index (χ1v) is 11.9. The van der Waals surface area contributed by atoms with Crippen molar-refractivity contribution in [3.63, 3.8) is 0 Å². The van der Waals surface area contributed by atoms with Gasteiger partial charge in [-0.1, -0.05) is 6.07 Å². The number of nitrogens with one attached hydrogen (secondary N) is 1. The summed E-state index contributed by atoms with van der Waals surface area (Å²) in [6, 6.07) is 8.15. The molecule has 0 bridgehead atoms. The summed E-state index contributed by atoms with van der Waals surface area (Å²) >= 11 is 1.13. The topological polar surface area (TPSA) is 103 Å². The van der Waals surface area contributed by atoms with E-state index in [-0.39, 0.29) is 34.7 Å². The van der Waals surface area contributed by atoms with E-state index in [1.807, 2.05) is 24.5 Å². The smallest absolute Gasteiger partial charge is 0.283 e. The van der Waals surface area contributed by atoms with Gasteiger partial charge < -0.3 is 14.2 Å². The van der Waals surface area contributed by atoms with Crippen LogP contribution in [0.1, 0.15) is 23.4 Å². The molecule has 0 radical (unpaired) electrons. The molecule has 2 aromatic rings. The third-order valence-electron chi connectivity index (χ3n) is 6.00. The second kappa shape index (κ2) is 9.23. The Hall–Kier alpha value is -3.57. The van der Waals surface area contributed by atoms with Gasteiger partial charge in [-0.2, -0.15) is 15.1 Å². The quantitative estimate of drug-likeness (QED) is 0.658. The summed E-state index contributed by atoms with van der Waals surface area (Å²) in [5.41, 5.74) is 3.14. The number of rotatable bonds is 4. The molecule has 0 spiro atoms. The van der Waals surface area contributed by atoms with Crippen molar-refractivity contribution >= 4 is 45.7 Å². The van der Waals surface area contributed by atoms with Crippen molar-refractivity contribution in [3.8, 4) is 5.69 Å². The average molecular weight is 495 g/mol. The molecule has 1 fully saturated rings. The highest BCUT2D eigenvalue weighted by molar-refractivity contribution is 8.27. The van der Waals surface area contributed by atoms with Gasteiger partial charge in [-0.25, -0.2) is 4.39 Å². The highest BCUT2D eigenvalue weighted by Gasteiger charge is 2.36. The van der Waals surface area contributed by atoms with Crippen LogP contribution >= 0.6 is 11.8 Å². The van der Waals surface area contributed by atoms with Crippen molar-refractivity contribution in [1.82, 2.24) is 14.5 Å². The minimum absolute atomic E-state index is 0.0709. The van der Waals surface area contributed by atoms with Crippen molar-refractivity contribution in [2.45, 2.75) is 20.3 Å². The maximum atomic E-state index is 13.8. The third kappa shape index (κ3) is 4.44. The molecule has 2 amide bonds. The lowest BCUT2D eigenvalue weighted by Crippen LogP contribution is -2.41. The van der Waals surface area contributed by atoms with Crippen LogP contribution in [-0.2, 0) is 14.3 Å². The van der Waals surface area contributed by atoms with Gasteiger partial charge in [0, 0.05) is 30.2 Å². The number of hydrogen-bond acceptors (Lipinski definition) is 6. The Morgan fingerprint density at radius 1 is 1.26 bits per heavy atom. The molecule has 3 aliphatic heterocycles. The van der Waals surface area contributed by atoms with Crippen molar-refractivity contribution < 1.29 is 18.7 Å². The molecule has 1 aromatic carbocycles. The van der Waals surface area contributed by atoms with Crippen molar-refractivity contribution in [2.75, 3.05) is 26.3 Å². The van der Waals surface area contributed by atoms with Crippen LogP contribution in [0, 0.1) is 25.1 Å². The standard InChI is InChI=1S/C24H23FN6O3S/c1-14-10-16(15(2)30(14)18-5-3-4-17(25)12-18)11-19-22(26)31-24(27-23(19)33)35-20(28-31)13-21(32)29-6-8-34-9-7-29/h3-5,10-12,26H,6-9,13H2,1-2H3/b19-11+,26-22?. The second-order valence-corrected chi connectivity index (χ2v) is 9.37. The highest BCUT2D eigenvalue weighted by Crippen LogP contribution is 2.31. The molecule has 0 atom stereocenters. The number of benzene rings is 1. The Bertz CT molecular complexity index is 1340. The van der Waals surface area contributed by atoms with Crippen LogP contribution in [0.15, 0.2) is 46.0 Å². The molecule has 4 heterocycles. The number of aromatic nitrogens is 1. The van der Waals surface area contributed by atoms with Crippen LogP contribution in [0.4, 0.5) is 4.39 Å². The Balaban J connectivity index is 1.40. The summed E-state index contributed by atoms with van der Waals surface area (Å²) in [6.45, 7) is 5.86. The number of carbonyl (C=O) groups is 2. The normalized spacial score (nSPS) is 19.2. The number of halogens is 1. The maximum absolute atomic E-state index is 13.8. The Morgan fingerprint density at radius 3 is 2.77 bits per heavy atom. The van der Waals surface area contributed by atoms with Gasteiger partial charge in [-0.3, -0.25) is 15.0 Å². The summed E-state index contributed by atoms with van der Waals surface area (Å²) in [5.74, 6) is -1.05. The fourth-order valence-electron chi connectivity index (χ4n) is 4.26. The van der Waals surface area contributed by atoms with Crippen LogP contribution in [0.3, 0.4) is 0 Å². The molecule has 0 aliphatic carbocycles. The number of nitrogens with zero attached hydrogens (tertiary/aromatic N) is 5. The van der Waals surface area contributed by atoms with Gasteiger partial charge in [-0.05, 0) is 61.5 Å². The summed E-state index contributed by atoms with van der Waals surface area (Å²) in [4.78, 5) is 31.2. The van der Waals surface area contributed by atoms with Crippen LogP contribution in [0.5, 0.6) is 0 Å². The lowest BCUT2D eigenvalue weighted by molar-refractivity contribution is -0.133. The minimum atomic E-state index is -0.541. The lowest BCUT2D eigenvalue weighted by atomic mass is 10.1. The average Bonchev–Trinajstić information content (AvgIpc) is 3.36. The first-order chi connectivity index (χ1) is 16.8. The summed E-state index contributed by atoms with van der Waals surface area (Å²) in [6.07, 6.45) is 1.69. The fourth-order valence-corrected chi connectivity index (χ4v) is 5.13. The SMILES string of the molecule is Cc1cc(/C=C2\C(=N)N3N=C(CC(=O)N4CCOCC4)SC3=NC2=O)c(C)n1-c1cccc(F)c1. The van der Waals surface area contributed by atoms with Gasteiger partial charge in [0.25, 0.3) is 5.91 Å². The van der Waals surface area contributed by atoms with Crippen LogP contribution in [-0.4, -0.2) is 68.6 Å². The number of hydrogen-bond donors (Lipinski definition) is 1. The van der Waals surface area contributed by atoms with Crippen LogP contribution in [0.25, 0.3) is 11.8 Å². The summed E-state index contributed by atoms with van der Waals surface area (Å²) < 4.78 is 21.0. The zero-order valence-corrected chi connectivity index (χ0v) is 20.1. The molecular formula is C24H23FN6O3S. The van der Waals surface area contributed by atoms with Gasteiger partial charge >= 0.3 is 0 Å². The second-order valence-electron chi connectivity index (χ2n) is 8.33. The minimum Gasteiger partial charge on any atom is -0.378 e. The van der Waals surface area contributed by atoms with E-state index >= 15 is 0 Å². The number of fused-ring (bicyclic) bond motifs is 1. The van der Waals surface area contributed by atoms with Crippen molar-refractivity contribution in [1.29, 1.82) is 5.41 Å². The Morgan fingerprint density at radius 2 is 2.03 bits per heavy atom. The van der Waals surface area contributed by atoms with Gasteiger partial charge in [0.2, 0.25) is 11.1 Å². The lowest BCUT2D eigenvalue weighted by Gasteiger charge is -2.26. The molecule has 0 unspecified atom stereocenters. The number of amides is 2. The molecule has 9 nitrogen and oxygen atoms in total. The fraction of sp³-hybridized carbons (Fsp3) is 0.292. The molecule has 1 N–H and O–H groups in total. The van der Waals surface area contributed by atoms with Gasteiger partial charge in [0.05, 0.1) is 25.2 Å². The Kier molecular flexibility index (Phi) is 6.12. The number of thioether (sulfide) groups is 1. The van der Waals surface area contributed by atoms with E-state index in [1.54, 1.807) is 23.1 Å². The van der Waals surface area contributed by atoms with E-state index in [0.717, 1.165) is 28.7 Å². The Labute approximate surface area is 205 Å². The number of aryl methyl sites for hydroxylation is 1. The molecule has 5 rings (SSSR count). The molecular weight excluding hydrogens is 471 g/mol. The monoisotopic (exact) mass is 494 g/mol. The largest absolute Gasteiger partial charge is 0.378 e. The van der Waals surface area contributed by atoms with Crippen LogP contribution < -0.4 is 0 Å². The van der Waals surface area contributed by atoms with Gasteiger partial charge in [-0.15, -0.1) is 0 Å². The number of ether oxygens (including phenoxy) is 1. The summed E-state index contributed by atoms with van der Waals surface area (Å²) in [7, 11) is 0. The number of morpholine rings is 1. The molecule has 0 saturated carbocycles. The maximum Gasteiger partial charge on any atom is 0.283 e. The molecule has 35 heavy (non-hydrogen) atoms. The predicted octanol–water partition coefficient (Wildman–Crippen LogP) is 3.10. The zero-order chi connectivity index (χ0) is 24.7. The van der Waals surface area contributed by atoms with Crippen molar-refractivity contribution in [3.05, 3.63) is 58.7 Å². The summed E-state index contributed by atoms with van der Waals surface area (Å²) in [5, 5.41) is 15.1.